The number of nitrogens with zero attached hydrogens (tertiary/aromatic N) is 1. The number of piperidine rings is 1. The molecule has 0 aromatic heterocycles. The predicted octanol–water partition coefficient (Wildman–Crippen LogP) is 1.02. The molecule has 1 saturated heterocycles. The summed E-state index contributed by atoms with van der Waals surface area (Å²) in [5.41, 5.74) is 5.27. The molecule has 0 bridgehead atoms. The molecule has 0 atom stereocenters. The predicted molar refractivity (Wildman–Crippen MR) is 58.3 cm³/mol. The molecule has 2 fully saturated rings. The van der Waals surface area contributed by atoms with E-state index < -0.39 is 0 Å². The Bertz CT molecular complexity index is 198. The van der Waals surface area contributed by atoms with Crippen molar-refractivity contribution in [3.63, 3.8) is 0 Å². The molecule has 1 saturated carbocycles. The van der Waals surface area contributed by atoms with Crippen LogP contribution in [-0.2, 0) is 4.79 Å². The van der Waals surface area contributed by atoms with Gasteiger partial charge in [-0.15, -0.1) is 12.4 Å². The van der Waals surface area contributed by atoms with E-state index in [9.17, 15) is 4.79 Å². The molecule has 1 heterocycles. The van der Waals surface area contributed by atoms with Crippen molar-refractivity contribution in [3.8, 4) is 0 Å². The molecule has 3 nitrogen and oxygen atoms in total. The Morgan fingerprint density at radius 3 is 2.21 bits per heavy atom. The number of hydrogen-bond acceptors (Lipinski definition) is 2. The molecular weight excluding hydrogens is 200 g/mol. The van der Waals surface area contributed by atoms with Crippen LogP contribution in [0.5, 0.6) is 0 Å². The third-order valence-corrected chi connectivity index (χ3v) is 3.20. The Hall–Kier alpha value is -0.280. The minimum Gasteiger partial charge on any atom is -0.369 e. The van der Waals surface area contributed by atoms with E-state index in [0.717, 1.165) is 31.8 Å². The van der Waals surface area contributed by atoms with Crippen LogP contribution in [0.1, 0.15) is 25.7 Å². The summed E-state index contributed by atoms with van der Waals surface area (Å²) in [7, 11) is 0. The highest BCUT2D eigenvalue weighted by atomic mass is 35.5. The highest BCUT2D eigenvalue weighted by molar-refractivity contribution is 5.85. The second-order valence-electron chi connectivity index (χ2n) is 4.42. The fourth-order valence-corrected chi connectivity index (χ4v) is 2.07. The number of carbonyl (C=O) groups is 1. The van der Waals surface area contributed by atoms with Crippen molar-refractivity contribution in [2.24, 2.45) is 17.6 Å². The van der Waals surface area contributed by atoms with Crippen molar-refractivity contribution < 1.29 is 4.79 Å². The zero-order chi connectivity index (χ0) is 9.26. The number of hydrogen-bond donors (Lipinski definition) is 1. The summed E-state index contributed by atoms with van der Waals surface area (Å²) in [6, 6.07) is 0. The Balaban J connectivity index is 0.000000980. The quantitative estimate of drug-likeness (QED) is 0.769. The number of likely N-dealkylation sites (tertiary alicyclic amines) is 1. The molecule has 1 aliphatic heterocycles. The zero-order valence-electron chi connectivity index (χ0n) is 8.45. The van der Waals surface area contributed by atoms with Crippen molar-refractivity contribution >= 4 is 18.3 Å². The average Bonchev–Trinajstić information content (AvgIpc) is 2.89. The summed E-state index contributed by atoms with van der Waals surface area (Å²) in [5.74, 6) is 1.01. The Morgan fingerprint density at radius 1 is 1.21 bits per heavy atom. The van der Waals surface area contributed by atoms with E-state index in [1.807, 2.05) is 0 Å². The maximum absolute atomic E-state index is 10.9. The molecule has 0 aromatic carbocycles. The first-order chi connectivity index (χ1) is 6.25. The Labute approximate surface area is 91.4 Å². The largest absolute Gasteiger partial charge is 0.369 e. The van der Waals surface area contributed by atoms with Gasteiger partial charge in [-0.2, -0.15) is 0 Å². The lowest BCUT2D eigenvalue weighted by molar-refractivity contribution is -0.123. The molecular formula is C10H19ClN2O. The molecule has 1 aliphatic carbocycles. The van der Waals surface area contributed by atoms with Crippen LogP contribution >= 0.6 is 12.4 Å². The normalized spacial score (nSPS) is 24.3. The molecule has 0 unspecified atom stereocenters. The minimum absolute atomic E-state index is 0. The van der Waals surface area contributed by atoms with Gasteiger partial charge in [-0.1, -0.05) is 0 Å². The van der Waals surface area contributed by atoms with Crippen molar-refractivity contribution in [3.05, 3.63) is 0 Å². The maximum Gasteiger partial charge on any atom is 0.220 e. The van der Waals surface area contributed by atoms with E-state index in [2.05, 4.69) is 4.90 Å². The van der Waals surface area contributed by atoms with Crippen LogP contribution in [0.2, 0.25) is 0 Å². The van der Waals surface area contributed by atoms with Crippen molar-refractivity contribution in [1.29, 1.82) is 0 Å². The average molecular weight is 219 g/mol. The highest BCUT2D eigenvalue weighted by Gasteiger charge is 2.28. The SMILES string of the molecule is Cl.NC(=O)C1CCN(CC2CC2)CC1. The third kappa shape index (κ3) is 3.14. The number of carbonyl (C=O) groups excluding carboxylic acids is 1. The molecule has 82 valence electrons. The van der Waals surface area contributed by atoms with Crippen LogP contribution < -0.4 is 5.73 Å². The van der Waals surface area contributed by atoms with Crippen LogP contribution in [-0.4, -0.2) is 30.4 Å². The Kier molecular flexibility index (Phi) is 4.20. The van der Waals surface area contributed by atoms with Crippen molar-refractivity contribution in [1.82, 2.24) is 4.90 Å². The van der Waals surface area contributed by atoms with Gasteiger partial charge in [0, 0.05) is 12.5 Å². The lowest BCUT2D eigenvalue weighted by Crippen LogP contribution is -2.39. The summed E-state index contributed by atoms with van der Waals surface area (Å²) in [6.45, 7) is 3.40. The van der Waals surface area contributed by atoms with Crippen molar-refractivity contribution in [2.75, 3.05) is 19.6 Å². The summed E-state index contributed by atoms with van der Waals surface area (Å²) in [6.07, 6.45) is 4.77. The smallest absolute Gasteiger partial charge is 0.220 e. The highest BCUT2D eigenvalue weighted by Crippen LogP contribution is 2.31. The molecule has 1 amide bonds. The number of primary amides is 1. The van der Waals surface area contributed by atoms with E-state index >= 15 is 0 Å². The van der Waals surface area contributed by atoms with Crippen LogP contribution in [0.4, 0.5) is 0 Å². The molecule has 2 aliphatic rings. The lowest BCUT2D eigenvalue weighted by Gasteiger charge is -2.30. The molecule has 14 heavy (non-hydrogen) atoms. The molecule has 4 heteroatoms. The Morgan fingerprint density at radius 2 is 1.79 bits per heavy atom. The van der Waals surface area contributed by atoms with Gasteiger partial charge < -0.3 is 10.6 Å². The van der Waals surface area contributed by atoms with Gasteiger partial charge in [-0.05, 0) is 44.7 Å². The fourth-order valence-electron chi connectivity index (χ4n) is 2.07. The summed E-state index contributed by atoms with van der Waals surface area (Å²) in [4.78, 5) is 13.4. The maximum atomic E-state index is 10.9. The van der Waals surface area contributed by atoms with Gasteiger partial charge in [0.15, 0.2) is 0 Å². The summed E-state index contributed by atoms with van der Waals surface area (Å²) >= 11 is 0. The van der Waals surface area contributed by atoms with E-state index in [4.69, 9.17) is 5.73 Å². The van der Waals surface area contributed by atoms with Gasteiger partial charge in [0.2, 0.25) is 5.91 Å². The molecule has 2 rings (SSSR count). The standard InChI is InChI=1S/C10H18N2O.ClH/c11-10(13)9-3-5-12(6-4-9)7-8-1-2-8;/h8-9H,1-7H2,(H2,11,13);1H. The topological polar surface area (TPSA) is 46.3 Å². The van der Waals surface area contributed by atoms with E-state index in [1.54, 1.807) is 0 Å². The van der Waals surface area contributed by atoms with Crippen molar-refractivity contribution in [2.45, 2.75) is 25.7 Å². The number of nitrogens with two attached hydrogens (primary N) is 1. The second-order valence-corrected chi connectivity index (χ2v) is 4.42. The minimum atomic E-state index is -0.105. The second kappa shape index (κ2) is 4.99. The van der Waals surface area contributed by atoms with E-state index in [1.165, 1.54) is 19.4 Å². The van der Waals surface area contributed by atoms with Crippen LogP contribution in [0, 0.1) is 11.8 Å². The van der Waals surface area contributed by atoms with Gasteiger partial charge in [0.25, 0.3) is 0 Å². The van der Waals surface area contributed by atoms with E-state index in [-0.39, 0.29) is 24.2 Å². The first-order valence-corrected chi connectivity index (χ1v) is 5.27. The summed E-state index contributed by atoms with van der Waals surface area (Å²) in [5, 5.41) is 0. The van der Waals surface area contributed by atoms with Gasteiger partial charge in [-0.3, -0.25) is 4.79 Å². The van der Waals surface area contributed by atoms with Crippen LogP contribution in [0.3, 0.4) is 0 Å². The third-order valence-electron chi connectivity index (χ3n) is 3.20. The monoisotopic (exact) mass is 218 g/mol. The number of rotatable bonds is 3. The van der Waals surface area contributed by atoms with Gasteiger partial charge >= 0.3 is 0 Å². The fraction of sp³-hybridized carbons (Fsp3) is 0.900. The number of amides is 1. The lowest BCUT2D eigenvalue weighted by atomic mass is 9.96. The van der Waals surface area contributed by atoms with Crippen LogP contribution in [0.15, 0.2) is 0 Å². The first kappa shape index (κ1) is 11.8. The molecule has 0 radical (unpaired) electrons. The molecule has 2 N–H and O–H groups in total. The van der Waals surface area contributed by atoms with Gasteiger partial charge in [0.05, 0.1) is 0 Å². The molecule has 0 aromatic rings. The van der Waals surface area contributed by atoms with Crippen LogP contribution in [0.25, 0.3) is 0 Å². The van der Waals surface area contributed by atoms with Gasteiger partial charge in [0.1, 0.15) is 0 Å². The summed E-state index contributed by atoms with van der Waals surface area (Å²) < 4.78 is 0. The number of halogens is 1. The zero-order valence-corrected chi connectivity index (χ0v) is 9.26. The van der Waals surface area contributed by atoms with Gasteiger partial charge in [-0.25, -0.2) is 0 Å². The molecule has 0 spiro atoms. The van der Waals surface area contributed by atoms with E-state index in [0.29, 0.717) is 0 Å². The first-order valence-electron chi connectivity index (χ1n) is 5.27.